The van der Waals surface area contributed by atoms with Crippen LogP contribution in [0.25, 0.3) is 6.08 Å². The molecule has 1 atom stereocenters. The number of H-pyrrole nitrogens is 2. The maximum atomic E-state index is 12.0. The number of aromatic amines is 2. The Morgan fingerprint density at radius 3 is 2.58 bits per heavy atom. The number of benzene rings is 1. The molecule has 126 valence electrons. The Balaban J connectivity index is 2.04. The van der Waals surface area contributed by atoms with Crippen molar-refractivity contribution in [3.05, 3.63) is 74.1 Å². The molecular formula is C17H19N3O4. The van der Waals surface area contributed by atoms with E-state index in [1.807, 2.05) is 30.3 Å². The monoisotopic (exact) mass is 329 g/mol. The molecular weight excluding hydrogens is 310 g/mol. The molecule has 0 bridgehead atoms. The fourth-order valence-corrected chi connectivity index (χ4v) is 2.28. The quantitative estimate of drug-likeness (QED) is 0.563. The Hall–Kier alpha value is -2.93. The van der Waals surface area contributed by atoms with Crippen LogP contribution in [0.1, 0.15) is 16.8 Å². The van der Waals surface area contributed by atoms with Gasteiger partial charge < -0.3 is 15.4 Å². The molecule has 2 rings (SSSR count). The molecule has 0 radical (unpaired) electrons. The average molecular weight is 329 g/mol. The van der Waals surface area contributed by atoms with Crippen molar-refractivity contribution in [1.82, 2.24) is 15.3 Å². The highest BCUT2D eigenvalue weighted by atomic mass is 16.3. The predicted octanol–water partition coefficient (Wildman–Crippen LogP) is 0.105. The molecule has 24 heavy (non-hydrogen) atoms. The predicted molar refractivity (Wildman–Crippen MR) is 90.6 cm³/mol. The third-order valence-electron chi connectivity index (χ3n) is 3.47. The van der Waals surface area contributed by atoms with Gasteiger partial charge >= 0.3 is 5.69 Å². The fraction of sp³-hybridized carbons (Fsp3) is 0.235. The lowest BCUT2D eigenvalue weighted by molar-refractivity contribution is -0.117. The Bertz CT molecular complexity index is 837. The van der Waals surface area contributed by atoms with Crippen LogP contribution in [0.5, 0.6) is 0 Å². The molecule has 0 saturated heterocycles. The van der Waals surface area contributed by atoms with E-state index in [0.717, 1.165) is 5.56 Å². The minimum absolute atomic E-state index is 0.202. The molecule has 1 aromatic carbocycles. The highest BCUT2D eigenvalue weighted by Crippen LogP contribution is 2.03. The topological polar surface area (TPSA) is 115 Å². The molecule has 7 nitrogen and oxygen atoms in total. The molecule has 1 unspecified atom stereocenters. The van der Waals surface area contributed by atoms with Gasteiger partial charge in [0.05, 0.1) is 18.2 Å². The molecule has 2 aromatic rings. The number of nitrogens with one attached hydrogen (secondary N) is 3. The number of aryl methyl sites for hydroxylation is 1. The van der Waals surface area contributed by atoms with E-state index in [2.05, 4.69) is 15.3 Å². The molecule has 0 saturated carbocycles. The summed E-state index contributed by atoms with van der Waals surface area (Å²) >= 11 is 0. The molecule has 7 heteroatoms. The zero-order chi connectivity index (χ0) is 17.5. The summed E-state index contributed by atoms with van der Waals surface area (Å²) in [5.41, 5.74) is 0.406. The van der Waals surface area contributed by atoms with Gasteiger partial charge in [-0.05, 0) is 25.0 Å². The Kier molecular flexibility index (Phi) is 5.86. The summed E-state index contributed by atoms with van der Waals surface area (Å²) in [5, 5.41) is 12.1. The van der Waals surface area contributed by atoms with E-state index in [9.17, 15) is 19.5 Å². The van der Waals surface area contributed by atoms with E-state index >= 15 is 0 Å². The number of aliphatic hydroxyl groups is 1. The van der Waals surface area contributed by atoms with Crippen LogP contribution in [-0.2, 0) is 11.2 Å². The molecule has 1 aromatic heterocycles. The fourth-order valence-electron chi connectivity index (χ4n) is 2.28. The number of carbonyl (C=O) groups excluding carboxylic acids is 1. The molecule has 0 fully saturated rings. The van der Waals surface area contributed by atoms with E-state index in [0.29, 0.717) is 12.1 Å². The van der Waals surface area contributed by atoms with Crippen molar-refractivity contribution in [1.29, 1.82) is 0 Å². The second-order valence-corrected chi connectivity index (χ2v) is 5.36. The lowest BCUT2D eigenvalue weighted by Crippen LogP contribution is -2.38. The Labute approximate surface area is 138 Å². The Morgan fingerprint density at radius 2 is 1.96 bits per heavy atom. The smallest absolute Gasteiger partial charge is 0.325 e. The highest BCUT2D eigenvalue weighted by Gasteiger charge is 2.11. The van der Waals surface area contributed by atoms with Crippen molar-refractivity contribution in [2.75, 3.05) is 6.61 Å². The van der Waals surface area contributed by atoms with Gasteiger partial charge in [0.25, 0.3) is 5.56 Å². The van der Waals surface area contributed by atoms with Gasteiger partial charge in [-0.25, -0.2) is 4.79 Å². The van der Waals surface area contributed by atoms with Gasteiger partial charge in [0, 0.05) is 11.8 Å². The number of aliphatic hydroxyl groups excluding tert-OH is 1. The zero-order valence-corrected chi connectivity index (χ0v) is 13.2. The number of hydrogen-bond acceptors (Lipinski definition) is 4. The number of carbonyl (C=O) groups is 1. The summed E-state index contributed by atoms with van der Waals surface area (Å²) in [5.74, 6) is -0.435. The third-order valence-corrected chi connectivity index (χ3v) is 3.47. The van der Waals surface area contributed by atoms with Crippen LogP contribution in [0.3, 0.4) is 0 Å². The molecule has 1 amide bonds. The van der Waals surface area contributed by atoms with E-state index in [1.54, 1.807) is 6.92 Å². The van der Waals surface area contributed by atoms with E-state index in [1.165, 1.54) is 12.2 Å². The first-order valence-corrected chi connectivity index (χ1v) is 7.46. The van der Waals surface area contributed by atoms with Crippen molar-refractivity contribution < 1.29 is 9.90 Å². The first kappa shape index (κ1) is 17.4. The normalized spacial score (nSPS) is 12.2. The summed E-state index contributed by atoms with van der Waals surface area (Å²) in [6.07, 6.45) is 3.02. The second kappa shape index (κ2) is 8.07. The maximum absolute atomic E-state index is 12.0. The average Bonchev–Trinajstić information content (AvgIpc) is 2.54. The third kappa shape index (κ3) is 4.79. The van der Waals surface area contributed by atoms with Crippen molar-refractivity contribution in [2.45, 2.75) is 19.4 Å². The largest absolute Gasteiger partial charge is 0.394 e. The van der Waals surface area contributed by atoms with Crippen LogP contribution in [0.15, 0.2) is 46.0 Å². The van der Waals surface area contributed by atoms with E-state index < -0.39 is 23.2 Å². The minimum atomic E-state index is -0.595. The van der Waals surface area contributed by atoms with Crippen molar-refractivity contribution in [2.24, 2.45) is 0 Å². The minimum Gasteiger partial charge on any atom is -0.394 e. The van der Waals surface area contributed by atoms with Crippen LogP contribution < -0.4 is 16.6 Å². The van der Waals surface area contributed by atoms with Crippen LogP contribution in [0, 0.1) is 6.92 Å². The first-order chi connectivity index (χ1) is 11.5. The number of hydrogen-bond donors (Lipinski definition) is 4. The lowest BCUT2D eigenvalue weighted by atomic mass is 10.1. The lowest BCUT2D eigenvalue weighted by Gasteiger charge is -2.15. The van der Waals surface area contributed by atoms with Gasteiger partial charge in [-0.3, -0.25) is 14.6 Å². The van der Waals surface area contributed by atoms with Crippen LogP contribution in [-0.4, -0.2) is 33.6 Å². The summed E-state index contributed by atoms with van der Waals surface area (Å²) in [7, 11) is 0. The molecule has 4 N–H and O–H groups in total. The Morgan fingerprint density at radius 1 is 1.25 bits per heavy atom. The molecule has 0 aliphatic rings. The van der Waals surface area contributed by atoms with Crippen molar-refractivity contribution in [3.63, 3.8) is 0 Å². The van der Waals surface area contributed by atoms with Crippen LogP contribution in [0.4, 0.5) is 0 Å². The van der Waals surface area contributed by atoms with Gasteiger partial charge in [-0.1, -0.05) is 30.3 Å². The SMILES string of the molecule is Cc1[nH]c(=O)[nH]c(=O)c1/C=C/C(=O)NC(CO)Cc1ccccc1. The van der Waals surface area contributed by atoms with Crippen LogP contribution >= 0.6 is 0 Å². The van der Waals surface area contributed by atoms with E-state index in [4.69, 9.17) is 0 Å². The summed E-state index contributed by atoms with van der Waals surface area (Å²) in [4.78, 5) is 39.3. The van der Waals surface area contributed by atoms with E-state index in [-0.39, 0.29) is 12.2 Å². The summed E-state index contributed by atoms with van der Waals surface area (Å²) < 4.78 is 0. The first-order valence-electron chi connectivity index (χ1n) is 7.46. The number of amides is 1. The van der Waals surface area contributed by atoms with Gasteiger partial charge in [0.15, 0.2) is 0 Å². The number of aromatic nitrogens is 2. The highest BCUT2D eigenvalue weighted by molar-refractivity contribution is 5.92. The van der Waals surface area contributed by atoms with Gasteiger partial charge in [0.2, 0.25) is 5.91 Å². The van der Waals surface area contributed by atoms with Gasteiger partial charge in [0.1, 0.15) is 0 Å². The summed E-state index contributed by atoms with van der Waals surface area (Å²) in [6, 6.07) is 9.05. The van der Waals surface area contributed by atoms with Gasteiger partial charge in [-0.2, -0.15) is 0 Å². The van der Waals surface area contributed by atoms with Gasteiger partial charge in [-0.15, -0.1) is 0 Å². The standard InChI is InChI=1S/C17H19N3O4/c1-11-14(16(23)20-17(24)18-11)7-8-15(22)19-13(10-21)9-12-5-3-2-4-6-12/h2-8,13,21H,9-10H2,1H3,(H,19,22)(H2,18,20,23,24)/b8-7+. The molecule has 0 aliphatic carbocycles. The number of rotatable bonds is 6. The zero-order valence-electron chi connectivity index (χ0n) is 13.2. The van der Waals surface area contributed by atoms with Crippen molar-refractivity contribution in [3.8, 4) is 0 Å². The second-order valence-electron chi connectivity index (χ2n) is 5.36. The van der Waals surface area contributed by atoms with Crippen molar-refractivity contribution >= 4 is 12.0 Å². The molecule has 0 spiro atoms. The molecule has 0 aliphatic heterocycles. The summed E-state index contributed by atoms with van der Waals surface area (Å²) in [6.45, 7) is 1.37. The maximum Gasteiger partial charge on any atom is 0.325 e. The molecule has 1 heterocycles. The van der Waals surface area contributed by atoms with Crippen LogP contribution in [0.2, 0.25) is 0 Å².